The number of halogens is 2. The zero-order chi connectivity index (χ0) is 18.2. The summed E-state index contributed by atoms with van der Waals surface area (Å²) >= 11 is 5.76. The number of hydrogen-bond acceptors (Lipinski definition) is 4. The highest BCUT2D eigenvalue weighted by Gasteiger charge is 2.25. The van der Waals surface area contributed by atoms with Gasteiger partial charge in [0.2, 0.25) is 0 Å². The van der Waals surface area contributed by atoms with E-state index in [1.165, 1.54) is 24.3 Å². The van der Waals surface area contributed by atoms with Crippen LogP contribution in [0.5, 0.6) is 0 Å². The minimum atomic E-state index is -3.43. The maximum Gasteiger partial charge on any atom is 0.256 e. The van der Waals surface area contributed by atoms with Crippen molar-refractivity contribution in [3.05, 3.63) is 58.5 Å². The second-order valence-electron chi connectivity index (χ2n) is 5.72. The quantitative estimate of drug-likeness (QED) is 0.867. The number of carbonyl (C=O) groups excluding carboxylic acids is 1. The van der Waals surface area contributed by atoms with Crippen molar-refractivity contribution in [2.24, 2.45) is 4.40 Å². The molecule has 3 rings (SSSR count). The molecule has 0 aromatic heterocycles. The Balaban J connectivity index is 1.73. The van der Waals surface area contributed by atoms with E-state index in [2.05, 4.69) is 9.71 Å². The third-order valence-electron chi connectivity index (χ3n) is 3.88. The van der Waals surface area contributed by atoms with Crippen LogP contribution in [-0.4, -0.2) is 37.4 Å². The largest absolute Gasteiger partial charge is 0.345 e. The summed E-state index contributed by atoms with van der Waals surface area (Å²) < 4.78 is 39.9. The first-order valence-electron chi connectivity index (χ1n) is 7.50. The first-order chi connectivity index (χ1) is 11.7. The number of nitrogens with one attached hydrogen (secondary N) is 1. The number of rotatable bonds is 3. The van der Waals surface area contributed by atoms with Crippen molar-refractivity contribution in [3.8, 4) is 0 Å². The van der Waals surface area contributed by atoms with E-state index >= 15 is 0 Å². The minimum Gasteiger partial charge on any atom is -0.345 e. The van der Waals surface area contributed by atoms with E-state index in [-0.39, 0.29) is 29.3 Å². The molecule has 0 saturated heterocycles. The zero-order valence-corrected chi connectivity index (χ0v) is 14.8. The zero-order valence-electron chi connectivity index (χ0n) is 13.2. The first-order valence-corrected chi connectivity index (χ1v) is 9.49. The van der Waals surface area contributed by atoms with Crippen LogP contribution in [0.15, 0.2) is 46.5 Å². The van der Waals surface area contributed by atoms with E-state index in [9.17, 15) is 17.6 Å². The highest BCUT2D eigenvalue weighted by atomic mass is 35.5. The predicted molar refractivity (Wildman–Crippen MR) is 93.1 cm³/mol. The number of benzene rings is 1. The van der Waals surface area contributed by atoms with Crippen molar-refractivity contribution in [3.63, 3.8) is 0 Å². The van der Waals surface area contributed by atoms with Gasteiger partial charge in [0, 0.05) is 12.7 Å². The standard InChI is InChI=1S/C16H15ClFN3O3S/c1-10(11-2-4-14(18)13(17)8-11)19-16(22)12-3-5-15-20-25(23,24)7-6-21(15)9-12/h2-5,8-10H,6-7H2,1H3,(H,19,22). The average molecular weight is 384 g/mol. The number of amidine groups is 1. The van der Waals surface area contributed by atoms with Crippen molar-refractivity contribution in [1.29, 1.82) is 0 Å². The van der Waals surface area contributed by atoms with Gasteiger partial charge in [-0.15, -0.1) is 4.40 Å². The molecule has 1 aromatic carbocycles. The van der Waals surface area contributed by atoms with Gasteiger partial charge in [0.15, 0.2) is 0 Å². The fraction of sp³-hybridized carbons (Fsp3) is 0.250. The summed E-state index contributed by atoms with van der Waals surface area (Å²) in [5.74, 6) is -0.660. The van der Waals surface area contributed by atoms with Gasteiger partial charge < -0.3 is 10.2 Å². The van der Waals surface area contributed by atoms with E-state index in [1.807, 2.05) is 0 Å². The Morgan fingerprint density at radius 2 is 2.16 bits per heavy atom. The summed E-state index contributed by atoms with van der Waals surface area (Å²) in [4.78, 5) is 14.0. The normalized spacial score (nSPS) is 19.6. The van der Waals surface area contributed by atoms with Crippen molar-refractivity contribution in [1.82, 2.24) is 10.2 Å². The van der Waals surface area contributed by atoms with Crippen molar-refractivity contribution >= 4 is 33.4 Å². The van der Waals surface area contributed by atoms with Gasteiger partial charge in [-0.25, -0.2) is 12.8 Å². The SMILES string of the molecule is CC(NC(=O)C1=CN2CCS(=O)(=O)N=C2C=C1)c1ccc(F)c(Cl)c1. The molecule has 1 amide bonds. The molecule has 0 bridgehead atoms. The Labute approximate surface area is 149 Å². The number of nitrogens with zero attached hydrogens (tertiary/aromatic N) is 2. The van der Waals surface area contributed by atoms with E-state index in [1.54, 1.807) is 24.1 Å². The Hall–Kier alpha value is -2.19. The highest BCUT2D eigenvalue weighted by molar-refractivity contribution is 7.90. The van der Waals surface area contributed by atoms with Gasteiger partial charge in [-0.1, -0.05) is 17.7 Å². The van der Waals surface area contributed by atoms with Crippen molar-refractivity contribution in [2.75, 3.05) is 12.3 Å². The third-order valence-corrected chi connectivity index (χ3v) is 5.33. The lowest BCUT2D eigenvalue weighted by atomic mass is 10.1. The molecule has 0 saturated carbocycles. The van der Waals surface area contributed by atoms with Gasteiger partial charge in [0.05, 0.1) is 22.4 Å². The summed E-state index contributed by atoms with van der Waals surface area (Å²) in [5, 5.41) is 2.79. The molecule has 2 aliphatic rings. The molecule has 0 fully saturated rings. The van der Waals surface area contributed by atoms with Crippen LogP contribution in [0.2, 0.25) is 5.02 Å². The van der Waals surface area contributed by atoms with Gasteiger partial charge in [-0.2, -0.15) is 0 Å². The molecule has 0 aliphatic carbocycles. The number of carbonyl (C=O) groups is 1. The molecule has 25 heavy (non-hydrogen) atoms. The summed E-state index contributed by atoms with van der Waals surface area (Å²) in [6.07, 6.45) is 4.56. The van der Waals surface area contributed by atoms with Crippen LogP contribution < -0.4 is 5.32 Å². The topological polar surface area (TPSA) is 78.8 Å². The Morgan fingerprint density at radius 3 is 2.88 bits per heavy atom. The number of sulfonamides is 1. The fourth-order valence-electron chi connectivity index (χ4n) is 2.48. The Bertz CT molecular complexity index is 925. The fourth-order valence-corrected chi connectivity index (χ4v) is 3.64. The van der Waals surface area contributed by atoms with Gasteiger partial charge in [0.25, 0.3) is 15.9 Å². The highest BCUT2D eigenvalue weighted by Crippen LogP contribution is 2.22. The van der Waals surface area contributed by atoms with Gasteiger partial charge >= 0.3 is 0 Å². The Kier molecular flexibility index (Phi) is 4.66. The molecule has 2 aliphatic heterocycles. The lowest BCUT2D eigenvalue weighted by Crippen LogP contribution is -2.38. The van der Waals surface area contributed by atoms with Crippen LogP contribution in [0.3, 0.4) is 0 Å². The summed E-state index contributed by atoms with van der Waals surface area (Å²) in [7, 11) is -3.43. The summed E-state index contributed by atoms with van der Waals surface area (Å²) in [6, 6.07) is 3.89. The summed E-state index contributed by atoms with van der Waals surface area (Å²) in [6.45, 7) is 2.00. The Morgan fingerprint density at radius 1 is 1.40 bits per heavy atom. The summed E-state index contributed by atoms with van der Waals surface area (Å²) in [5.41, 5.74) is 1.05. The van der Waals surface area contributed by atoms with Crippen LogP contribution in [0.4, 0.5) is 4.39 Å². The molecule has 1 atom stereocenters. The smallest absolute Gasteiger partial charge is 0.256 e. The number of fused-ring (bicyclic) bond motifs is 1. The second kappa shape index (κ2) is 6.61. The minimum absolute atomic E-state index is 0.00856. The predicted octanol–water partition coefficient (Wildman–Crippen LogP) is 2.15. The molecular weight excluding hydrogens is 369 g/mol. The van der Waals surface area contributed by atoms with E-state index in [0.717, 1.165) is 0 Å². The third kappa shape index (κ3) is 3.91. The van der Waals surface area contributed by atoms with Crippen molar-refractivity contribution in [2.45, 2.75) is 13.0 Å². The molecule has 1 N–H and O–H groups in total. The lowest BCUT2D eigenvalue weighted by Gasteiger charge is -2.27. The first kappa shape index (κ1) is 17.6. The molecule has 0 spiro atoms. The van der Waals surface area contributed by atoms with E-state index in [0.29, 0.717) is 17.0 Å². The van der Waals surface area contributed by atoms with Crippen molar-refractivity contribution < 1.29 is 17.6 Å². The van der Waals surface area contributed by atoms with Crippen LogP contribution in [0.25, 0.3) is 0 Å². The average Bonchev–Trinajstić information content (AvgIpc) is 2.56. The van der Waals surface area contributed by atoms with Crippen LogP contribution in [0, 0.1) is 5.82 Å². The number of hydrogen-bond donors (Lipinski definition) is 1. The molecule has 132 valence electrons. The van der Waals surface area contributed by atoms with Gasteiger partial charge in [0.1, 0.15) is 11.7 Å². The van der Waals surface area contributed by atoms with Crippen LogP contribution in [-0.2, 0) is 14.8 Å². The van der Waals surface area contributed by atoms with Crippen LogP contribution >= 0.6 is 11.6 Å². The molecule has 1 aromatic rings. The van der Waals surface area contributed by atoms with Gasteiger partial charge in [-0.3, -0.25) is 4.79 Å². The van der Waals surface area contributed by atoms with Gasteiger partial charge in [-0.05, 0) is 36.8 Å². The van der Waals surface area contributed by atoms with E-state index < -0.39 is 15.8 Å². The molecule has 1 unspecified atom stereocenters. The molecular formula is C16H15ClFN3O3S. The molecule has 2 heterocycles. The molecule has 0 radical (unpaired) electrons. The van der Waals surface area contributed by atoms with E-state index in [4.69, 9.17) is 11.6 Å². The van der Waals surface area contributed by atoms with Crippen LogP contribution in [0.1, 0.15) is 18.5 Å². The molecule has 9 heteroatoms. The molecule has 6 nitrogen and oxygen atoms in total. The monoisotopic (exact) mass is 383 g/mol. The number of amides is 1. The lowest BCUT2D eigenvalue weighted by molar-refractivity contribution is -0.117. The second-order valence-corrected chi connectivity index (χ2v) is 7.88. The maximum atomic E-state index is 13.2. The maximum absolute atomic E-state index is 13.2.